The lowest BCUT2D eigenvalue weighted by Crippen LogP contribution is -2.48. The van der Waals surface area contributed by atoms with Crippen molar-refractivity contribution in [3.8, 4) is 0 Å². The Kier molecular flexibility index (Phi) is 5.89. The molecule has 0 aromatic carbocycles. The minimum Gasteiger partial charge on any atom is -0.465 e. The van der Waals surface area contributed by atoms with Crippen LogP contribution in [-0.4, -0.2) is 64.7 Å². The van der Waals surface area contributed by atoms with Gasteiger partial charge in [0.15, 0.2) is 0 Å². The van der Waals surface area contributed by atoms with Crippen LogP contribution in [0.2, 0.25) is 0 Å². The molecule has 23 heavy (non-hydrogen) atoms. The molecule has 0 aromatic rings. The first-order valence-electron chi connectivity index (χ1n) is 8.80. The van der Waals surface area contributed by atoms with Crippen LogP contribution in [0, 0.1) is 5.92 Å². The molecule has 2 saturated heterocycles. The van der Waals surface area contributed by atoms with Gasteiger partial charge in [-0.25, -0.2) is 4.79 Å². The van der Waals surface area contributed by atoms with Crippen molar-refractivity contribution in [2.45, 2.75) is 64.5 Å². The topological polar surface area (TPSA) is 72.9 Å². The van der Waals surface area contributed by atoms with Crippen molar-refractivity contribution < 1.29 is 14.7 Å². The molecular weight excluding hydrogens is 294 g/mol. The van der Waals surface area contributed by atoms with E-state index in [0.717, 1.165) is 45.2 Å². The van der Waals surface area contributed by atoms with Crippen molar-refractivity contribution in [3.05, 3.63) is 0 Å². The third-order valence-corrected chi connectivity index (χ3v) is 4.88. The van der Waals surface area contributed by atoms with Crippen LogP contribution in [0.5, 0.6) is 0 Å². The first-order chi connectivity index (χ1) is 10.8. The summed E-state index contributed by atoms with van der Waals surface area (Å²) >= 11 is 0. The van der Waals surface area contributed by atoms with E-state index in [-0.39, 0.29) is 17.4 Å². The SMILES string of the molecule is CC(C)(C)NC(=O)C1CCN([C@@H]2CCCN(C(=O)O)CC2)CC1. The molecule has 0 aliphatic carbocycles. The van der Waals surface area contributed by atoms with E-state index in [2.05, 4.69) is 10.2 Å². The molecule has 6 heteroatoms. The number of rotatable bonds is 2. The van der Waals surface area contributed by atoms with Crippen molar-refractivity contribution in [3.63, 3.8) is 0 Å². The highest BCUT2D eigenvalue weighted by molar-refractivity contribution is 5.79. The fourth-order valence-electron chi connectivity index (χ4n) is 3.63. The normalized spacial score (nSPS) is 25.0. The number of carbonyl (C=O) groups is 2. The number of hydrogen-bond acceptors (Lipinski definition) is 3. The molecule has 2 rings (SSSR count). The predicted octanol–water partition coefficient (Wildman–Crippen LogP) is 2.15. The van der Waals surface area contributed by atoms with Gasteiger partial charge in [0.1, 0.15) is 0 Å². The summed E-state index contributed by atoms with van der Waals surface area (Å²) in [6.45, 7) is 9.21. The largest absolute Gasteiger partial charge is 0.465 e. The van der Waals surface area contributed by atoms with Gasteiger partial charge in [-0.3, -0.25) is 4.79 Å². The van der Waals surface area contributed by atoms with E-state index in [4.69, 9.17) is 5.11 Å². The first-order valence-corrected chi connectivity index (χ1v) is 8.80. The monoisotopic (exact) mass is 325 g/mol. The molecule has 0 aromatic heterocycles. The van der Waals surface area contributed by atoms with E-state index >= 15 is 0 Å². The molecule has 0 bridgehead atoms. The number of amides is 2. The summed E-state index contributed by atoms with van der Waals surface area (Å²) < 4.78 is 0. The van der Waals surface area contributed by atoms with E-state index in [1.165, 1.54) is 4.90 Å². The Morgan fingerprint density at radius 1 is 1.00 bits per heavy atom. The lowest BCUT2D eigenvalue weighted by atomic mass is 9.92. The van der Waals surface area contributed by atoms with Gasteiger partial charge < -0.3 is 20.2 Å². The molecule has 0 spiro atoms. The first kappa shape index (κ1) is 18.0. The predicted molar refractivity (Wildman–Crippen MR) is 89.4 cm³/mol. The maximum absolute atomic E-state index is 12.3. The summed E-state index contributed by atoms with van der Waals surface area (Å²) in [6.07, 6.45) is 3.90. The standard InChI is InChI=1S/C17H31N3O3/c1-17(2,3)18-15(21)13-6-10-19(11-7-13)14-5-4-9-20(12-8-14)16(22)23/h13-14H,4-12H2,1-3H3,(H,18,21)(H,22,23)/t14-/m1/s1. The van der Waals surface area contributed by atoms with Gasteiger partial charge in [0.05, 0.1) is 0 Å². The fraction of sp³-hybridized carbons (Fsp3) is 0.882. The molecule has 6 nitrogen and oxygen atoms in total. The number of nitrogens with zero attached hydrogens (tertiary/aromatic N) is 2. The molecule has 1 atom stereocenters. The molecule has 0 radical (unpaired) electrons. The number of nitrogens with one attached hydrogen (secondary N) is 1. The number of carboxylic acid groups (broad SMARTS) is 1. The van der Waals surface area contributed by atoms with Crippen LogP contribution in [0.1, 0.15) is 52.9 Å². The van der Waals surface area contributed by atoms with Crippen molar-refractivity contribution in [1.29, 1.82) is 0 Å². The van der Waals surface area contributed by atoms with Crippen molar-refractivity contribution in [2.75, 3.05) is 26.2 Å². The van der Waals surface area contributed by atoms with Crippen LogP contribution < -0.4 is 5.32 Å². The molecule has 2 aliphatic rings. The second kappa shape index (κ2) is 7.51. The maximum Gasteiger partial charge on any atom is 0.407 e. The Hall–Kier alpha value is -1.30. The molecule has 2 aliphatic heterocycles. The summed E-state index contributed by atoms with van der Waals surface area (Å²) in [7, 11) is 0. The quantitative estimate of drug-likeness (QED) is 0.816. The Bertz CT molecular complexity index is 425. The van der Waals surface area contributed by atoms with Gasteiger partial charge in [-0.15, -0.1) is 0 Å². The zero-order chi connectivity index (χ0) is 17.0. The van der Waals surface area contributed by atoms with Gasteiger partial charge in [-0.05, 0) is 66.0 Å². The molecule has 0 saturated carbocycles. The Balaban J connectivity index is 1.80. The van der Waals surface area contributed by atoms with E-state index in [0.29, 0.717) is 19.1 Å². The third-order valence-electron chi connectivity index (χ3n) is 4.88. The lowest BCUT2D eigenvalue weighted by Gasteiger charge is -2.37. The van der Waals surface area contributed by atoms with E-state index in [9.17, 15) is 9.59 Å². The van der Waals surface area contributed by atoms with E-state index in [1.807, 2.05) is 20.8 Å². The van der Waals surface area contributed by atoms with Crippen molar-refractivity contribution in [2.24, 2.45) is 5.92 Å². The smallest absolute Gasteiger partial charge is 0.407 e. The van der Waals surface area contributed by atoms with Gasteiger partial charge in [0.2, 0.25) is 5.91 Å². The van der Waals surface area contributed by atoms with Crippen molar-refractivity contribution in [1.82, 2.24) is 15.1 Å². The molecule has 2 N–H and O–H groups in total. The molecule has 2 fully saturated rings. The van der Waals surface area contributed by atoms with Crippen LogP contribution >= 0.6 is 0 Å². The summed E-state index contributed by atoms with van der Waals surface area (Å²) in [5.41, 5.74) is -0.171. The number of piperidine rings is 1. The van der Waals surface area contributed by atoms with Gasteiger partial charge in [-0.1, -0.05) is 0 Å². The average Bonchev–Trinajstić information content (AvgIpc) is 2.71. The summed E-state index contributed by atoms with van der Waals surface area (Å²) in [5, 5.41) is 12.2. The van der Waals surface area contributed by atoms with Crippen LogP contribution in [0.15, 0.2) is 0 Å². The van der Waals surface area contributed by atoms with Gasteiger partial charge >= 0.3 is 6.09 Å². The fourth-order valence-corrected chi connectivity index (χ4v) is 3.63. The van der Waals surface area contributed by atoms with Gasteiger partial charge in [-0.2, -0.15) is 0 Å². The highest BCUT2D eigenvalue weighted by Gasteiger charge is 2.31. The second-order valence-electron chi connectivity index (χ2n) is 7.90. The molecule has 2 amide bonds. The second-order valence-corrected chi connectivity index (χ2v) is 7.90. The Labute approximate surface area is 139 Å². The minimum absolute atomic E-state index is 0.117. The highest BCUT2D eigenvalue weighted by Crippen LogP contribution is 2.24. The molecule has 0 unspecified atom stereocenters. The lowest BCUT2D eigenvalue weighted by molar-refractivity contribution is -0.128. The summed E-state index contributed by atoms with van der Waals surface area (Å²) in [5.74, 6) is 0.293. The van der Waals surface area contributed by atoms with Crippen molar-refractivity contribution >= 4 is 12.0 Å². The average molecular weight is 325 g/mol. The van der Waals surface area contributed by atoms with Crippen LogP contribution in [-0.2, 0) is 4.79 Å². The zero-order valence-electron chi connectivity index (χ0n) is 14.7. The van der Waals surface area contributed by atoms with Crippen LogP contribution in [0.4, 0.5) is 4.79 Å². The zero-order valence-corrected chi connectivity index (χ0v) is 14.7. The Morgan fingerprint density at radius 2 is 1.65 bits per heavy atom. The van der Waals surface area contributed by atoms with E-state index < -0.39 is 6.09 Å². The van der Waals surface area contributed by atoms with Gasteiger partial charge in [0, 0.05) is 30.6 Å². The number of hydrogen-bond donors (Lipinski definition) is 2. The summed E-state index contributed by atoms with van der Waals surface area (Å²) in [6, 6.07) is 0.464. The molecule has 2 heterocycles. The van der Waals surface area contributed by atoms with E-state index in [1.54, 1.807) is 0 Å². The Morgan fingerprint density at radius 3 is 2.22 bits per heavy atom. The van der Waals surface area contributed by atoms with Crippen LogP contribution in [0.25, 0.3) is 0 Å². The highest BCUT2D eigenvalue weighted by atomic mass is 16.4. The molecular formula is C17H31N3O3. The molecule has 132 valence electrons. The van der Waals surface area contributed by atoms with Gasteiger partial charge in [0.25, 0.3) is 0 Å². The number of likely N-dealkylation sites (tertiary alicyclic amines) is 2. The minimum atomic E-state index is -0.803. The third kappa shape index (κ3) is 5.37. The maximum atomic E-state index is 12.3. The van der Waals surface area contributed by atoms with Crippen LogP contribution in [0.3, 0.4) is 0 Å². The summed E-state index contributed by atoms with van der Waals surface area (Å²) in [4.78, 5) is 27.4. The number of carbonyl (C=O) groups excluding carboxylic acids is 1.